The van der Waals surface area contributed by atoms with Gasteiger partial charge in [0.05, 0.1) is 28.6 Å². The van der Waals surface area contributed by atoms with E-state index in [0.717, 1.165) is 5.56 Å². The van der Waals surface area contributed by atoms with Gasteiger partial charge in [-0.25, -0.2) is 0 Å². The standard InChI is InChI=1S/C18H17N7O2/c1-23(2)11-17-22-21-16-10-20-18(14-5-3-4-8-19-14)13-7-6-12(25(26)27)9-15(13)24(16)17/h3-9H,10-11H2,1-2H3. The average Bonchev–Trinajstić information content (AvgIpc) is 2.96. The number of aliphatic imine (C=N–C) groups is 1. The molecule has 0 aliphatic carbocycles. The summed E-state index contributed by atoms with van der Waals surface area (Å²) >= 11 is 0. The van der Waals surface area contributed by atoms with Gasteiger partial charge in [-0.1, -0.05) is 6.07 Å². The molecule has 0 radical (unpaired) electrons. The largest absolute Gasteiger partial charge is 0.302 e. The monoisotopic (exact) mass is 363 g/mol. The number of rotatable bonds is 4. The Bertz CT molecular complexity index is 1040. The Hall–Kier alpha value is -3.46. The van der Waals surface area contributed by atoms with Gasteiger partial charge in [0.25, 0.3) is 5.69 Å². The number of hydrogen-bond donors (Lipinski definition) is 0. The van der Waals surface area contributed by atoms with E-state index in [4.69, 9.17) is 4.99 Å². The van der Waals surface area contributed by atoms with Gasteiger partial charge in [-0.15, -0.1) is 10.2 Å². The zero-order chi connectivity index (χ0) is 19.0. The third-order valence-electron chi connectivity index (χ3n) is 4.23. The molecule has 27 heavy (non-hydrogen) atoms. The average molecular weight is 363 g/mol. The lowest BCUT2D eigenvalue weighted by molar-refractivity contribution is -0.384. The van der Waals surface area contributed by atoms with E-state index in [1.54, 1.807) is 18.3 Å². The maximum atomic E-state index is 11.4. The van der Waals surface area contributed by atoms with Crippen LogP contribution in [-0.2, 0) is 13.1 Å². The summed E-state index contributed by atoms with van der Waals surface area (Å²) in [6, 6.07) is 10.3. The first kappa shape index (κ1) is 17.0. The Kier molecular flexibility index (Phi) is 4.21. The van der Waals surface area contributed by atoms with E-state index in [1.807, 2.05) is 41.8 Å². The van der Waals surface area contributed by atoms with Gasteiger partial charge < -0.3 is 4.90 Å². The molecule has 0 N–H and O–H groups in total. The van der Waals surface area contributed by atoms with E-state index in [9.17, 15) is 10.1 Å². The first-order valence-electron chi connectivity index (χ1n) is 8.37. The van der Waals surface area contributed by atoms with Gasteiger partial charge in [-0.2, -0.15) is 0 Å². The predicted octanol–water partition coefficient (Wildman–Crippen LogP) is 1.98. The molecule has 1 aliphatic heterocycles. The molecular weight excluding hydrogens is 346 g/mol. The van der Waals surface area contributed by atoms with Crippen molar-refractivity contribution in [2.45, 2.75) is 13.1 Å². The van der Waals surface area contributed by atoms with Crippen LogP contribution in [0.15, 0.2) is 47.6 Å². The van der Waals surface area contributed by atoms with Crippen LogP contribution >= 0.6 is 0 Å². The highest BCUT2D eigenvalue weighted by molar-refractivity contribution is 6.14. The Morgan fingerprint density at radius 2 is 2.07 bits per heavy atom. The molecule has 0 unspecified atom stereocenters. The summed E-state index contributed by atoms with van der Waals surface area (Å²) in [5.74, 6) is 1.34. The van der Waals surface area contributed by atoms with Gasteiger partial charge in [-0.05, 0) is 32.3 Å². The van der Waals surface area contributed by atoms with Crippen molar-refractivity contribution in [3.05, 3.63) is 75.6 Å². The van der Waals surface area contributed by atoms with Crippen LogP contribution in [-0.4, -0.2) is 49.4 Å². The highest BCUT2D eigenvalue weighted by atomic mass is 16.6. The van der Waals surface area contributed by atoms with E-state index < -0.39 is 4.92 Å². The van der Waals surface area contributed by atoms with Crippen molar-refractivity contribution in [2.24, 2.45) is 4.99 Å². The lowest BCUT2D eigenvalue weighted by Crippen LogP contribution is -2.17. The summed E-state index contributed by atoms with van der Waals surface area (Å²) in [4.78, 5) is 22.0. The van der Waals surface area contributed by atoms with E-state index >= 15 is 0 Å². The van der Waals surface area contributed by atoms with E-state index in [-0.39, 0.29) is 5.69 Å². The predicted molar refractivity (Wildman–Crippen MR) is 99.0 cm³/mol. The molecule has 3 heterocycles. The molecule has 1 aliphatic rings. The lowest BCUT2D eigenvalue weighted by Gasteiger charge is -2.15. The molecule has 3 aromatic rings. The number of pyridine rings is 1. The second kappa shape index (κ2) is 6.69. The normalized spacial score (nSPS) is 12.9. The maximum absolute atomic E-state index is 11.4. The van der Waals surface area contributed by atoms with Gasteiger partial charge in [0.1, 0.15) is 6.54 Å². The van der Waals surface area contributed by atoms with Gasteiger partial charge in [0.2, 0.25) is 0 Å². The summed E-state index contributed by atoms with van der Waals surface area (Å²) in [6.07, 6.45) is 1.70. The maximum Gasteiger partial charge on any atom is 0.271 e. The van der Waals surface area contributed by atoms with Crippen molar-refractivity contribution in [1.82, 2.24) is 24.6 Å². The summed E-state index contributed by atoms with van der Waals surface area (Å²) in [6.45, 7) is 0.864. The van der Waals surface area contributed by atoms with Crippen LogP contribution in [0.3, 0.4) is 0 Å². The van der Waals surface area contributed by atoms with Crippen molar-refractivity contribution >= 4 is 11.4 Å². The summed E-state index contributed by atoms with van der Waals surface area (Å²) in [7, 11) is 3.87. The molecule has 0 saturated heterocycles. The van der Waals surface area contributed by atoms with Crippen LogP contribution in [0.4, 0.5) is 5.69 Å². The molecule has 0 saturated carbocycles. The van der Waals surface area contributed by atoms with Crippen LogP contribution in [0.5, 0.6) is 0 Å². The highest BCUT2D eigenvalue weighted by Gasteiger charge is 2.25. The molecular formula is C18H17N7O2. The first-order chi connectivity index (χ1) is 13.0. The van der Waals surface area contributed by atoms with Crippen LogP contribution in [0.1, 0.15) is 22.9 Å². The zero-order valence-electron chi connectivity index (χ0n) is 14.9. The molecule has 0 spiro atoms. The third-order valence-corrected chi connectivity index (χ3v) is 4.23. The Balaban J connectivity index is 1.96. The van der Waals surface area contributed by atoms with Gasteiger partial charge in [-0.3, -0.25) is 24.7 Å². The molecule has 0 bridgehead atoms. The Morgan fingerprint density at radius 3 is 2.78 bits per heavy atom. The number of nitrogens with zero attached hydrogens (tertiary/aromatic N) is 7. The van der Waals surface area contributed by atoms with E-state index in [1.165, 1.54) is 6.07 Å². The number of fused-ring (bicyclic) bond motifs is 3. The van der Waals surface area contributed by atoms with Crippen molar-refractivity contribution < 1.29 is 4.92 Å². The molecule has 0 amide bonds. The molecule has 0 fully saturated rings. The molecule has 4 rings (SSSR count). The number of hydrogen-bond acceptors (Lipinski definition) is 7. The number of benzene rings is 1. The molecule has 9 heteroatoms. The number of nitro benzene ring substituents is 1. The lowest BCUT2D eigenvalue weighted by atomic mass is 10.0. The number of aromatic nitrogens is 4. The minimum absolute atomic E-state index is 0.00599. The molecule has 1 aromatic carbocycles. The van der Waals surface area contributed by atoms with E-state index in [0.29, 0.717) is 41.8 Å². The summed E-state index contributed by atoms with van der Waals surface area (Å²) in [5.41, 5.74) is 2.80. The first-order valence-corrected chi connectivity index (χ1v) is 8.37. The topological polar surface area (TPSA) is 102 Å². The Morgan fingerprint density at radius 1 is 1.22 bits per heavy atom. The van der Waals surface area contributed by atoms with Crippen molar-refractivity contribution in [3.63, 3.8) is 0 Å². The van der Waals surface area contributed by atoms with Crippen molar-refractivity contribution in [3.8, 4) is 5.69 Å². The van der Waals surface area contributed by atoms with Crippen molar-refractivity contribution in [1.29, 1.82) is 0 Å². The minimum atomic E-state index is -0.404. The van der Waals surface area contributed by atoms with Gasteiger partial charge >= 0.3 is 0 Å². The van der Waals surface area contributed by atoms with Crippen LogP contribution in [0.25, 0.3) is 5.69 Å². The second-order valence-corrected chi connectivity index (χ2v) is 6.44. The fourth-order valence-corrected chi connectivity index (χ4v) is 3.10. The van der Waals surface area contributed by atoms with E-state index in [2.05, 4.69) is 15.2 Å². The third kappa shape index (κ3) is 3.08. The second-order valence-electron chi connectivity index (χ2n) is 6.44. The van der Waals surface area contributed by atoms with Gasteiger partial charge in [0, 0.05) is 23.9 Å². The van der Waals surface area contributed by atoms with Crippen LogP contribution < -0.4 is 0 Å². The zero-order valence-corrected chi connectivity index (χ0v) is 14.9. The van der Waals surface area contributed by atoms with Crippen LogP contribution in [0.2, 0.25) is 0 Å². The van der Waals surface area contributed by atoms with Crippen molar-refractivity contribution in [2.75, 3.05) is 14.1 Å². The summed E-state index contributed by atoms with van der Waals surface area (Å²) < 4.78 is 1.86. The fourth-order valence-electron chi connectivity index (χ4n) is 3.10. The number of non-ortho nitro benzene ring substituents is 1. The molecule has 2 aromatic heterocycles. The molecule has 9 nitrogen and oxygen atoms in total. The molecule has 136 valence electrons. The minimum Gasteiger partial charge on any atom is -0.302 e. The quantitative estimate of drug-likeness (QED) is 0.519. The van der Waals surface area contributed by atoms with Gasteiger partial charge in [0.15, 0.2) is 11.6 Å². The van der Waals surface area contributed by atoms with Crippen LogP contribution in [0, 0.1) is 10.1 Å². The SMILES string of the molecule is CN(C)Cc1nnc2n1-c1cc([N+](=O)[O-])ccc1C(c1ccccn1)=NC2. The molecule has 0 atom stereocenters. The smallest absolute Gasteiger partial charge is 0.271 e. The summed E-state index contributed by atoms with van der Waals surface area (Å²) in [5, 5.41) is 19.9. The Labute approximate surface area is 155 Å². The number of nitro groups is 1. The highest BCUT2D eigenvalue weighted by Crippen LogP contribution is 2.29. The fraction of sp³-hybridized carbons (Fsp3) is 0.222.